The molecule has 0 radical (unpaired) electrons. The zero-order chi connectivity index (χ0) is 13.2. The van der Waals surface area contributed by atoms with Crippen molar-refractivity contribution in [3.05, 3.63) is 30.0 Å². The van der Waals surface area contributed by atoms with Crippen molar-refractivity contribution in [3.8, 4) is 0 Å². The SMILES string of the molecule is CCn1cc(S(=O)(=O)NCc2cn[nH]c2)nc1C. The van der Waals surface area contributed by atoms with Gasteiger partial charge in [-0.15, -0.1) is 0 Å². The number of hydrogen-bond donors (Lipinski definition) is 2. The van der Waals surface area contributed by atoms with Crippen molar-refractivity contribution in [2.45, 2.75) is 32.0 Å². The molecule has 0 saturated carbocycles. The average Bonchev–Trinajstić information content (AvgIpc) is 2.95. The number of rotatable bonds is 5. The third kappa shape index (κ3) is 2.59. The van der Waals surface area contributed by atoms with E-state index in [4.69, 9.17) is 0 Å². The van der Waals surface area contributed by atoms with E-state index in [1.807, 2.05) is 6.92 Å². The van der Waals surface area contributed by atoms with Gasteiger partial charge in [-0.2, -0.15) is 5.10 Å². The van der Waals surface area contributed by atoms with E-state index < -0.39 is 10.0 Å². The predicted molar refractivity (Wildman–Crippen MR) is 65.3 cm³/mol. The fourth-order valence-electron chi connectivity index (χ4n) is 1.56. The van der Waals surface area contributed by atoms with E-state index >= 15 is 0 Å². The first-order valence-electron chi connectivity index (χ1n) is 5.54. The first kappa shape index (κ1) is 12.8. The third-order valence-corrected chi connectivity index (χ3v) is 3.86. The second kappa shape index (κ2) is 4.91. The van der Waals surface area contributed by atoms with Crippen molar-refractivity contribution < 1.29 is 8.42 Å². The predicted octanol–water partition coefficient (Wildman–Crippen LogP) is 0.413. The molecule has 0 aliphatic carbocycles. The molecule has 0 aliphatic rings. The zero-order valence-corrected chi connectivity index (χ0v) is 11.0. The van der Waals surface area contributed by atoms with Gasteiger partial charge in [-0.1, -0.05) is 0 Å². The van der Waals surface area contributed by atoms with E-state index in [-0.39, 0.29) is 11.6 Å². The van der Waals surface area contributed by atoms with Gasteiger partial charge in [-0.25, -0.2) is 18.1 Å². The number of nitrogens with zero attached hydrogens (tertiary/aromatic N) is 3. The highest BCUT2D eigenvalue weighted by Crippen LogP contribution is 2.09. The third-order valence-electron chi connectivity index (χ3n) is 2.59. The maximum atomic E-state index is 12.0. The Balaban J connectivity index is 2.14. The molecule has 0 aromatic carbocycles. The van der Waals surface area contributed by atoms with Gasteiger partial charge < -0.3 is 4.57 Å². The normalized spacial score (nSPS) is 11.9. The first-order valence-corrected chi connectivity index (χ1v) is 7.02. The fraction of sp³-hybridized carbons (Fsp3) is 0.400. The lowest BCUT2D eigenvalue weighted by Crippen LogP contribution is -2.23. The molecule has 18 heavy (non-hydrogen) atoms. The Hall–Kier alpha value is -1.67. The van der Waals surface area contributed by atoms with Crippen molar-refractivity contribution in [1.82, 2.24) is 24.5 Å². The largest absolute Gasteiger partial charge is 0.334 e. The summed E-state index contributed by atoms with van der Waals surface area (Å²) in [6, 6.07) is 0. The van der Waals surface area contributed by atoms with E-state index in [0.717, 1.165) is 5.56 Å². The highest BCUT2D eigenvalue weighted by molar-refractivity contribution is 7.89. The molecule has 0 amide bonds. The maximum absolute atomic E-state index is 12.0. The van der Waals surface area contributed by atoms with Gasteiger partial charge in [0.1, 0.15) is 5.82 Å². The number of H-pyrrole nitrogens is 1. The van der Waals surface area contributed by atoms with Crippen LogP contribution in [0.15, 0.2) is 23.6 Å². The minimum Gasteiger partial charge on any atom is -0.334 e. The van der Waals surface area contributed by atoms with Crippen LogP contribution in [0.5, 0.6) is 0 Å². The molecule has 0 spiro atoms. The lowest BCUT2D eigenvalue weighted by Gasteiger charge is -2.01. The Morgan fingerprint density at radius 3 is 2.83 bits per heavy atom. The van der Waals surface area contributed by atoms with Crippen molar-refractivity contribution >= 4 is 10.0 Å². The van der Waals surface area contributed by atoms with Crippen molar-refractivity contribution in [1.29, 1.82) is 0 Å². The van der Waals surface area contributed by atoms with Gasteiger partial charge in [0, 0.05) is 31.0 Å². The summed E-state index contributed by atoms with van der Waals surface area (Å²) in [5, 5.41) is 6.42. The van der Waals surface area contributed by atoms with Crippen LogP contribution in [0, 0.1) is 6.92 Å². The molecule has 2 aromatic heterocycles. The Bertz CT molecular complexity index is 615. The van der Waals surface area contributed by atoms with Crippen LogP contribution in [-0.2, 0) is 23.1 Å². The molecule has 2 heterocycles. The summed E-state index contributed by atoms with van der Waals surface area (Å²) in [7, 11) is -3.57. The lowest BCUT2D eigenvalue weighted by atomic mass is 10.4. The van der Waals surface area contributed by atoms with Gasteiger partial charge >= 0.3 is 0 Å². The number of aryl methyl sites for hydroxylation is 2. The van der Waals surface area contributed by atoms with E-state index in [1.54, 1.807) is 23.9 Å². The molecule has 2 aromatic rings. The van der Waals surface area contributed by atoms with Gasteiger partial charge in [0.05, 0.1) is 6.20 Å². The molecule has 2 rings (SSSR count). The topological polar surface area (TPSA) is 92.7 Å². The summed E-state index contributed by atoms with van der Waals surface area (Å²) in [5.41, 5.74) is 0.769. The standard InChI is InChI=1S/C10H15N5O2S/c1-3-15-7-10(14-8(15)2)18(16,17)13-6-9-4-11-12-5-9/h4-5,7,13H,3,6H2,1-2H3,(H,11,12). The maximum Gasteiger partial charge on any atom is 0.259 e. The number of imidazole rings is 1. The van der Waals surface area contributed by atoms with E-state index in [1.165, 1.54) is 6.20 Å². The van der Waals surface area contributed by atoms with Crippen LogP contribution in [0.2, 0.25) is 0 Å². The van der Waals surface area contributed by atoms with Gasteiger partial charge in [0.25, 0.3) is 10.0 Å². The highest BCUT2D eigenvalue weighted by Gasteiger charge is 2.18. The summed E-state index contributed by atoms with van der Waals surface area (Å²) in [5.74, 6) is 0.682. The average molecular weight is 269 g/mol. The summed E-state index contributed by atoms with van der Waals surface area (Å²) in [6.07, 6.45) is 4.74. The highest BCUT2D eigenvalue weighted by atomic mass is 32.2. The van der Waals surface area contributed by atoms with Crippen molar-refractivity contribution in [2.75, 3.05) is 0 Å². The number of sulfonamides is 1. The molecule has 0 aliphatic heterocycles. The van der Waals surface area contributed by atoms with Gasteiger partial charge in [0.15, 0.2) is 5.03 Å². The van der Waals surface area contributed by atoms with Crippen molar-refractivity contribution in [3.63, 3.8) is 0 Å². The van der Waals surface area contributed by atoms with E-state index in [0.29, 0.717) is 12.4 Å². The number of nitrogens with one attached hydrogen (secondary N) is 2. The molecule has 8 heteroatoms. The Morgan fingerprint density at radius 1 is 1.50 bits per heavy atom. The molecule has 0 atom stereocenters. The summed E-state index contributed by atoms with van der Waals surface area (Å²) < 4.78 is 28.2. The fourth-order valence-corrected chi connectivity index (χ4v) is 2.58. The molecular weight excluding hydrogens is 254 g/mol. The first-order chi connectivity index (χ1) is 8.53. The van der Waals surface area contributed by atoms with Crippen molar-refractivity contribution in [2.24, 2.45) is 0 Å². The van der Waals surface area contributed by atoms with Crippen LogP contribution in [0.3, 0.4) is 0 Å². The molecule has 2 N–H and O–H groups in total. The molecule has 0 fully saturated rings. The Morgan fingerprint density at radius 2 is 2.28 bits per heavy atom. The number of hydrogen-bond acceptors (Lipinski definition) is 4. The molecule has 0 bridgehead atoms. The summed E-state index contributed by atoms with van der Waals surface area (Å²) >= 11 is 0. The van der Waals surface area contributed by atoms with E-state index in [9.17, 15) is 8.42 Å². The second-order valence-electron chi connectivity index (χ2n) is 3.84. The van der Waals surface area contributed by atoms with Gasteiger partial charge in [-0.05, 0) is 13.8 Å². The Labute approximate surface area is 105 Å². The van der Waals surface area contributed by atoms with Crippen LogP contribution in [0.1, 0.15) is 18.3 Å². The van der Waals surface area contributed by atoms with Crippen LogP contribution >= 0.6 is 0 Å². The molecule has 0 saturated heterocycles. The lowest BCUT2D eigenvalue weighted by molar-refractivity contribution is 0.577. The smallest absolute Gasteiger partial charge is 0.259 e. The van der Waals surface area contributed by atoms with Crippen LogP contribution < -0.4 is 4.72 Å². The monoisotopic (exact) mass is 269 g/mol. The summed E-state index contributed by atoms with van der Waals surface area (Å²) in [4.78, 5) is 4.04. The van der Waals surface area contributed by atoms with Gasteiger partial charge in [-0.3, -0.25) is 5.10 Å². The Kier molecular flexibility index (Phi) is 3.48. The quantitative estimate of drug-likeness (QED) is 0.822. The van der Waals surface area contributed by atoms with Crippen LogP contribution in [0.25, 0.3) is 0 Å². The molecule has 98 valence electrons. The molecule has 0 unspecified atom stereocenters. The van der Waals surface area contributed by atoms with E-state index in [2.05, 4.69) is 19.9 Å². The number of aromatic nitrogens is 4. The molecule has 7 nitrogen and oxygen atoms in total. The summed E-state index contributed by atoms with van der Waals surface area (Å²) in [6.45, 7) is 4.59. The van der Waals surface area contributed by atoms with Gasteiger partial charge in [0.2, 0.25) is 0 Å². The second-order valence-corrected chi connectivity index (χ2v) is 5.56. The molecular formula is C10H15N5O2S. The van der Waals surface area contributed by atoms with Crippen LogP contribution in [0.4, 0.5) is 0 Å². The minimum atomic E-state index is -3.57. The van der Waals surface area contributed by atoms with Crippen LogP contribution in [-0.4, -0.2) is 28.2 Å². The zero-order valence-electron chi connectivity index (χ0n) is 10.2. The number of aromatic amines is 1. The minimum absolute atomic E-state index is 0.0466.